The first-order chi connectivity index (χ1) is 8.64. The number of carbonyl (C=O) groups is 2. The molecule has 1 unspecified atom stereocenters. The first kappa shape index (κ1) is 12.0. The topological polar surface area (TPSA) is 57.6 Å². The summed E-state index contributed by atoms with van der Waals surface area (Å²) in [5, 5.41) is 9.22. The van der Waals surface area contributed by atoms with Crippen LogP contribution >= 0.6 is 0 Å². The quantitative estimate of drug-likeness (QED) is 0.817. The predicted molar refractivity (Wildman–Crippen MR) is 66.0 cm³/mol. The van der Waals surface area contributed by atoms with Gasteiger partial charge in [0.05, 0.1) is 0 Å². The van der Waals surface area contributed by atoms with E-state index in [9.17, 15) is 14.7 Å². The van der Waals surface area contributed by atoms with Crippen molar-refractivity contribution in [1.82, 2.24) is 4.90 Å². The summed E-state index contributed by atoms with van der Waals surface area (Å²) < 4.78 is 0. The second-order valence-corrected chi connectivity index (χ2v) is 6.21. The molecule has 0 bridgehead atoms. The molecule has 1 amide bonds. The van der Waals surface area contributed by atoms with Gasteiger partial charge in [-0.05, 0) is 43.9 Å². The van der Waals surface area contributed by atoms with Crippen molar-refractivity contribution in [2.45, 2.75) is 57.4 Å². The maximum Gasteiger partial charge on any atom is 0.326 e. The van der Waals surface area contributed by atoms with Crippen molar-refractivity contribution in [1.29, 1.82) is 0 Å². The van der Waals surface area contributed by atoms with Crippen molar-refractivity contribution in [2.24, 2.45) is 11.3 Å². The molecule has 1 spiro atoms. The highest BCUT2D eigenvalue weighted by Crippen LogP contribution is 2.63. The summed E-state index contributed by atoms with van der Waals surface area (Å²) >= 11 is 0. The third kappa shape index (κ3) is 1.82. The van der Waals surface area contributed by atoms with E-state index in [0.717, 1.165) is 19.3 Å². The lowest BCUT2D eigenvalue weighted by molar-refractivity contribution is -0.153. The Kier molecular flexibility index (Phi) is 2.83. The number of hydrogen-bond donors (Lipinski definition) is 1. The summed E-state index contributed by atoms with van der Waals surface area (Å²) in [6, 6.07) is -0.565. The molecule has 1 aliphatic heterocycles. The maximum absolute atomic E-state index is 12.5. The Morgan fingerprint density at radius 2 is 1.83 bits per heavy atom. The van der Waals surface area contributed by atoms with Gasteiger partial charge in [-0.15, -0.1) is 0 Å². The third-order valence-corrected chi connectivity index (χ3v) is 5.16. The van der Waals surface area contributed by atoms with Crippen molar-refractivity contribution in [3.05, 3.63) is 0 Å². The van der Waals surface area contributed by atoms with E-state index in [4.69, 9.17) is 0 Å². The molecule has 0 aromatic rings. The van der Waals surface area contributed by atoms with Crippen LogP contribution in [0.4, 0.5) is 0 Å². The molecule has 1 N–H and O–H groups in total. The SMILES string of the molecule is O=C(O)[C@H]1CCCCN1C(=O)C1CC12CCCC2. The van der Waals surface area contributed by atoms with Gasteiger partial charge in [0.15, 0.2) is 0 Å². The Morgan fingerprint density at radius 1 is 1.11 bits per heavy atom. The van der Waals surface area contributed by atoms with Crippen molar-refractivity contribution in [3.8, 4) is 0 Å². The van der Waals surface area contributed by atoms with Crippen molar-refractivity contribution in [2.75, 3.05) is 6.54 Å². The minimum atomic E-state index is -0.829. The Bertz CT molecular complexity index is 373. The van der Waals surface area contributed by atoms with Gasteiger partial charge in [0.25, 0.3) is 0 Å². The van der Waals surface area contributed by atoms with E-state index in [-0.39, 0.29) is 17.2 Å². The number of amides is 1. The summed E-state index contributed by atoms with van der Waals surface area (Å²) in [5.74, 6) is -0.562. The van der Waals surface area contributed by atoms with Crippen LogP contribution in [0, 0.1) is 11.3 Å². The van der Waals surface area contributed by atoms with Crippen LogP contribution in [0.2, 0.25) is 0 Å². The molecule has 3 fully saturated rings. The molecule has 4 heteroatoms. The average molecular weight is 251 g/mol. The molecule has 2 atom stereocenters. The normalized spacial score (nSPS) is 33.7. The Labute approximate surface area is 107 Å². The summed E-state index contributed by atoms with van der Waals surface area (Å²) in [5.41, 5.74) is 0.275. The number of hydrogen-bond acceptors (Lipinski definition) is 2. The monoisotopic (exact) mass is 251 g/mol. The number of carboxylic acid groups (broad SMARTS) is 1. The van der Waals surface area contributed by atoms with Crippen molar-refractivity contribution in [3.63, 3.8) is 0 Å². The number of aliphatic carboxylic acids is 1. The number of carbonyl (C=O) groups excluding carboxylic acids is 1. The van der Waals surface area contributed by atoms with Gasteiger partial charge in [0.2, 0.25) is 5.91 Å². The van der Waals surface area contributed by atoms with Gasteiger partial charge >= 0.3 is 5.97 Å². The first-order valence-electron chi connectivity index (χ1n) is 7.17. The lowest BCUT2D eigenvalue weighted by Gasteiger charge is -2.33. The highest BCUT2D eigenvalue weighted by atomic mass is 16.4. The molecule has 4 nitrogen and oxygen atoms in total. The number of nitrogens with zero attached hydrogens (tertiary/aromatic N) is 1. The fraction of sp³-hybridized carbons (Fsp3) is 0.857. The van der Waals surface area contributed by atoms with E-state index in [2.05, 4.69) is 0 Å². The van der Waals surface area contributed by atoms with Crippen LogP contribution in [-0.4, -0.2) is 34.5 Å². The number of carboxylic acids is 1. The highest BCUT2D eigenvalue weighted by molar-refractivity contribution is 5.87. The summed E-state index contributed by atoms with van der Waals surface area (Å²) in [7, 11) is 0. The van der Waals surface area contributed by atoms with Crippen LogP contribution in [0.15, 0.2) is 0 Å². The van der Waals surface area contributed by atoms with Crippen LogP contribution in [0.25, 0.3) is 0 Å². The van der Waals surface area contributed by atoms with Crippen molar-refractivity contribution < 1.29 is 14.7 Å². The lowest BCUT2D eigenvalue weighted by Crippen LogP contribution is -2.49. The fourth-order valence-electron chi connectivity index (χ4n) is 3.98. The Hall–Kier alpha value is -1.06. The molecule has 0 aromatic heterocycles. The number of piperidine rings is 1. The van der Waals surface area contributed by atoms with E-state index < -0.39 is 12.0 Å². The van der Waals surface area contributed by atoms with E-state index >= 15 is 0 Å². The van der Waals surface area contributed by atoms with Gasteiger partial charge in [-0.25, -0.2) is 4.79 Å². The van der Waals surface area contributed by atoms with Crippen LogP contribution in [-0.2, 0) is 9.59 Å². The smallest absolute Gasteiger partial charge is 0.326 e. The molecule has 0 radical (unpaired) electrons. The number of rotatable bonds is 2. The van der Waals surface area contributed by atoms with Crippen LogP contribution in [0.1, 0.15) is 51.4 Å². The van der Waals surface area contributed by atoms with Crippen LogP contribution in [0.3, 0.4) is 0 Å². The van der Waals surface area contributed by atoms with E-state index in [0.29, 0.717) is 13.0 Å². The molecule has 1 heterocycles. The molecule has 1 saturated heterocycles. The zero-order chi connectivity index (χ0) is 12.8. The standard InChI is InChI=1S/C14H21NO3/c16-12(10-9-14(10)6-2-3-7-14)15-8-4-1-5-11(15)13(17)18/h10-11H,1-9H2,(H,17,18)/t10?,11-/m1/s1. The molecule has 2 saturated carbocycles. The van der Waals surface area contributed by atoms with Crippen LogP contribution < -0.4 is 0 Å². The molecule has 2 aliphatic carbocycles. The minimum Gasteiger partial charge on any atom is -0.480 e. The molecule has 18 heavy (non-hydrogen) atoms. The lowest BCUT2D eigenvalue weighted by atomic mass is 9.98. The molecule has 3 rings (SSSR count). The van der Waals surface area contributed by atoms with Gasteiger partial charge < -0.3 is 10.0 Å². The molecular weight excluding hydrogens is 230 g/mol. The molecule has 3 aliphatic rings. The molecule has 0 aromatic carbocycles. The van der Waals surface area contributed by atoms with E-state index in [1.807, 2.05) is 0 Å². The van der Waals surface area contributed by atoms with Crippen molar-refractivity contribution >= 4 is 11.9 Å². The maximum atomic E-state index is 12.5. The first-order valence-corrected chi connectivity index (χ1v) is 7.17. The van der Waals surface area contributed by atoms with Gasteiger partial charge in [-0.3, -0.25) is 4.79 Å². The summed E-state index contributed by atoms with van der Waals surface area (Å²) in [6.45, 7) is 0.641. The largest absolute Gasteiger partial charge is 0.480 e. The Morgan fingerprint density at radius 3 is 2.50 bits per heavy atom. The third-order valence-electron chi connectivity index (χ3n) is 5.16. The predicted octanol–water partition coefficient (Wildman–Crippen LogP) is 2.03. The summed E-state index contributed by atoms with van der Waals surface area (Å²) in [4.78, 5) is 25.4. The fourth-order valence-corrected chi connectivity index (χ4v) is 3.98. The van der Waals surface area contributed by atoms with Gasteiger partial charge in [-0.2, -0.15) is 0 Å². The second-order valence-electron chi connectivity index (χ2n) is 6.21. The second kappa shape index (κ2) is 4.25. The minimum absolute atomic E-state index is 0.129. The summed E-state index contributed by atoms with van der Waals surface area (Å²) in [6.07, 6.45) is 8.35. The van der Waals surface area contributed by atoms with Gasteiger partial charge in [0, 0.05) is 12.5 Å². The van der Waals surface area contributed by atoms with E-state index in [1.165, 1.54) is 25.7 Å². The van der Waals surface area contributed by atoms with Crippen LogP contribution in [0.5, 0.6) is 0 Å². The van der Waals surface area contributed by atoms with E-state index in [1.54, 1.807) is 4.90 Å². The Balaban J connectivity index is 1.70. The highest BCUT2D eigenvalue weighted by Gasteiger charge is 2.60. The average Bonchev–Trinajstić information content (AvgIpc) is 2.86. The van der Waals surface area contributed by atoms with Gasteiger partial charge in [0.1, 0.15) is 6.04 Å². The van der Waals surface area contributed by atoms with Gasteiger partial charge in [-0.1, -0.05) is 12.8 Å². The number of likely N-dealkylation sites (tertiary alicyclic amines) is 1. The molecule has 100 valence electrons. The molecular formula is C14H21NO3. The zero-order valence-corrected chi connectivity index (χ0v) is 10.7. The zero-order valence-electron chi connectivity index (χ0n) is 10.7.